The number of aromatic nitrogens is 1. The van der Waals surface area contributed by atoms with Crippen LogP contribution in [0.5, 0.6) is 0 Å². The zero-order valence-corrected chi connectivity index (χ0v) is 17.5. The Kier molecular flexibility index (Phi) is 7.22. The first kappa shape index (κ1) is 20.5. The highest BCUT2D eigenvalue weighted by molar-refractivity contribution is 9.10. The van der Waals surface area contributed by atoms with Gasteiger partial charge >= 0.3 is 5.97 Å². The predicted octanol–water partition coefficient (Wildman–Crippen LogP) is 2.78. The number of furan rings is 1. The molecule has 0 bridgehead atoms. The molecule has 0 saturated carbocycles. The third-order valence-electron chi connectivity index (χ3n) is 4.57. The molecule has 1 saturated heterocycles. The van der Waals surface area contributed by atoms with Gasteiger partial charge in [-0.05, 0) is 46.1 Å². The third-order valence-corrected chi connectivity index (χ3v) is 5.01. The van der Waals surface area contributed by atoms with Crippen LogP contribution in [0.1, 0.15) is 30.4 Å². The van der Waals surface area contributed by atoms with E-state index in [2.05, 4.69) is 25.8 Å². The minimum Gasteiger partial charge on any atom is -0.461 e. The van der Waals surface area contributed by atoms with Gasteiger partial charge < -0.3 is 14.1 Å². The monoisotopic (exact) mass is 449 g/mol. The lowest BCUT2D eigenvalue weighted by Crippen LogP contribution is -2.36. The maximum Gasteiger partial charge on any atom is 0.303 e. The first-order valence-electron chi connectivity index (χ1n) is 9.30. The number of amides is 1. The molecule has 0 N–H and O–H groups in total. The summed E-state index contributed by atoms with van der Waals surface area (Å²) in [6.45, 7) is 5.36. The summed E-state index contributed by atoms with van der Waals surface area (Å²) in [5.41, 5.74) is 0.913. The number of hydrogen-bond acceptors (Lipinski definition) is 6. The molecule has 2 aromatic rings. The molecule has 0 aliphatic carbocycles. The SMILES string of the molecule is CC(=O)OCc1ccc(CN2CCCN(C(=O)Cc3cncc(Br)c3)CC2)o1. The molecule has 1 aliphatic rings. The molecule has 8 heteroatoms. The van der Waals surface area contributed by atoms with E-state index in [9.17, 15) is 9.59 Å². The Morgan fingerprint density at radius 1 is 1.18 bits per heavy atom. The number of pyridine rings is 1. The number of esters is 1. The van der Waals surface area contributed by atoms with E-state index in [1.807, 2.05) is 23.1 Å². The van der Waals surface area contributed by atoms with Gasteiger partial charge in [0.15, 0.2) is 0 Å². The van der Waals surface area contributed by atoms with Crippen LogP contribution in [0.3, 0.4) is 0 Å². The third kappa shape index (κ3) is 6.17. The Morgan fingerprint density at radius 2 is 2.00 bits per heavy atom. The van der Waals surface area contributed by atoms with Gasteiger partial charge in [0.05, 0.1) is 13.0 Å². The summed E-state index contributed by atoms with van der Waals surface area (Å²) in [5, 5.41) is 0. The van der Waals surface area contributed by atoms with E-state index in [0.717, 1.165) is 41.9 Å². The molecular formula is C20H24BrN3O4. The van der Waals surface area contributed by atoms with Crippen LogP contribution < -0.4 is 0 Å². The number of halogens is 1. The zero-order chi connectivity index (χ0) is 19.9. The maximum atomic E-state index is 12.6. The van der Waals surface area contributed by atoms with Crippen molar-refractivity contribution in [2.24, 2.45) is 0 Å². The lowest BCUT2D eigenvalue weighted by Gasteiger charge is -2.21. The van der Waals surface area contributed by atoms with Gasteiger partial charge in [-0.2, -0.15) is 0 Å². The molecule has 2 aromatic heterocycles. The average Bonchev–Trinajstić information content (AvgIpc) is 2.96. The Morgan fingerprint density at radius 3 is 2.79 bits per heavy atom. The molecule has 0 atom stereocenters. The fourth-order valence-corrected chi connectivity index (χ4v) is 3.61. The first-order valence-corrected chi connectivity index (χ1v) is 10.1. The Bertz CT molecular complexity index is 823. The van der Waals surface area contributed by atoms with Crippen molar-refractivity contribution in [3.8, 4) is 0 Å². The van der Waals surface area contributed by atoms with E-state index in [0.29, 0.717) is 25.3 Å². The van der Waals surface area contributed by atoms with Crippen LogP contribution in [0.2, 0.25) is 0 Å². The fraction of sp³-hybridized carbons (Fsp3) is 0.450. The Balaban J connectivity index is 1.49. The fourth-order valence-electron chi connectivity index (χ4n) is 3.20. The van der Waals surface area contributed by atoms with Crippen molar-refractivity contribution < 1.29 is 18.7 Å². The highest BCUT2D eigenvalue weighted by atomic mass is 79.9. The van der Waals surface area contributed by atoms with Crippen molar-refractivity contribution in [2.45, 2.75) is 32.9 Å². The van der Waals surface area contributed by atoms with Gasteiger partial charge in [-0.15, -0.1) is 0 Å². The first-order chi connectivity index (χ1) is 13.5. The lowest BCUT2D eigenvalue weighted by molar-refractivity contribution is -0.142. The van der Waals surface area contributed by atoms with E-state index >= 15 is 0 Å². The van der Waals surface area contributed by atoms with Gasteiger partial charge in [-0.1, -0.05) is 0 Å². The van der Waals surface area contributed by atoms with Crippen LogP contribution in [0.4, 0.5) is 0 Å². The van der Waals surface area contributed by atoms with Crippen LogP contribution in [-0.4, -0.2) is 52.8 Å². The van der Waals surface area contributed by atoms with Crippen LogP contribution in [0, 0.1) is 0 Å². The summed E-state index contributed by atoms with van der Waals surface area (Å²) in [7, 11) is 0. The van der Waals surface area contributed by atoms with E-state index in [1.165, 1.54) is 6.92 Å². The van der Waals surface area contributed by atoms with Crippen LogP contribution in [0.15, 0.2) is 39.5 Å². The van der Waals surface area contributed by atoms with Gasteiger partial charge in [0.2, 0.25) is 5.91 Å². The Labute approximate surface area is 172 Å². The summed E-state index contributed by atoms with van der Waals surface area (Å²) in [6, 6.07) is 5.67. The molecule has 7 nitrogen and oxygen atoms in total. The number of nitrogens with zero attached hydrogens (tertiary/aromatic N) is 3. The maximum absolute atomic E-state index is 12.6. The van der Waals surface area contributed by atoms with Crippen LogP contribution in [0.25, 0.3) is 0 Å². The van der Waals surface area contributed by atoms with E-state index in [4.69, 9.17) is 9.15 Å². The van der Waals surface area contributed by atoms with Crippen molar-refractivity contribution in [1.29, 1.82) is 0 Å². The van der Waals surface area contributed by atoms with E-state index in [-0.39, 0.29) is 18.5 Å². The summed E-state index contributed by atoms with van der Waals surface area (Å²) < 4.78 is 11.6. The second-order valence-corrected chi connectivity index (χ2v) is 7.76. The highest BCUT2D eigenvalue weighted by Crippen LogP contribution is 2.15. The molecule has 28 heavy (non-hydrogen) atoms. The highest BCUT2D eigenvalue weighted by Gasteiger charge is 2.20. The topological polar surface area (TPSA) is 75.9 Å². The second-order valence-electron chi connectivity index (χ2n) is 6.85. The number of ether oxygens (including phenoxy) is 1. The smallest absolute Gasteiger partial charge is 0.303 e. The van der Waals surface area contributed by atoms with Gasteiger partial charge in [-0.25, -0.2) is 0 Å². The normalized spacial score (nSPS) is 15.3. The zero-order valence-electron chi connectivity index (χ0n) is 15.9. The average molecular weight is 450 g/mol. The summed E-state index contributed by atoms with van der Waals surface area (Å²) >= 11 is 3.39. The number of rotatable bonds is 6. The molecule has 150 valence electrons. The predicted molar refractivity (Wildman–Crippen MR) is 106 cm³/mol. The summed E-state index contributed by atoms with van der Waals surface area (Å²) in [5.74, 6) is 1.28. The van der Waals surface area contributed by atoms with Crippen molar-refractivity contribution >= 4 is 27.8 Å². The molecular weight excluding hydrogens is 426 g/mol. The number of carbonyl (C=O) groups excluding carboxylic acids is 2. The minimum atomic E-state index is -0.325. The molecule has 1 aliphatic heterocycles. The van der Waals surface area contributed by atoms with Crippen LogP contribution in [-0.2, 0) is 33.9 Å². The molecule has 3 rings (SSSR count). The minimum absolute atomic E-state index is 0.128. The van der Waals surface area contributed by atoms with Crippen molar-refractivity contribution in [3.05, 3.63) is 52.1 Å². The van der Waals surface area contributed by atoms with Gasteiger partial charge in [-0.3, -0.25) is 19.5 Å². The molecule has 1 fully saturated rings. The van der Waals surface area contributed by atoms with E-state index in [1.54, 1.807) is 12.4 Å². The molecule has 0 spiro atoms. The van der Waals surface area contributed by atoms with Crippen LogP contribution >= 0.6 is 15.9 Å². The molecule has 0 unspecified atom stereocenters. The Hall–Kier alpha value is -2.19. The largest absolute Gasteiger partial charge is 0.461 e. The molecule has 1 amide bonds. The van der Waals surface area contributed by atoms with Gasteiger partial charge in [0.1, 0.15) is 18.1 Å². The molecule has 0 radical (unpaired) electrons. The van der Waals surface area contributed by atoms with Crippen molar-refractivity contribution in [1.82, 2.24) is 14.8 Å². The molecule has 0 aromatic carbocycles. The lowest BCUT2D eigenvalue weighted by atomic mass is 10.2. The summed E-state index contributed by atoms with van der Waals surface area (Å²) in [6.07, 6.45) is 4.73. The summed E-state index contributed by atoms with van der Waals surface area (Å²) in [4.78, 5) is 31.8. The standard InChI is InChI=1S/C20H24BrN3O4/c1-15(25)27-14-19-4-3-18(28-19)13-23-5-2-6-24(8-7-23)20(26)10-16-9-17(21)12-22-11-16/h3-4,9,11-12H,2,5-8,10,13-14H2,1H3. The molecule has 3 heterocycles. The number of hydrogen-bond donors (Lipinski definition) is 0. The van der Waals surface area contributed by atoms with Crippen molar-refractivity contribution in [3.63, 3.8) is 0 Å². The van der Waals surface area contributed by atoms with Crippen molar-refractivity contribution in [2.75, 3.05) is 26.2 Å². The van der Waals surface area contributed by atoms with E-state index < -0.39 is 0 Å². The number of carbonyl (C=O) groups is 2. The second kappa shape index (κ2) is 9.84. The quantitative estimate of drug-likeness (QED) is 0.631. The van der Waals surface area contributed by atoms with Gasteiger partial charge in [0.25, 0.3) is 0 Å². The van der Waals surface area contributed by atoms with Gasteiger partial charge in [0, 0.05) is 50.0 Å².